The van der Waals surface area contributed by atoms with Gasteiger partial charge in [-0.3, -0.25) is 0 Å². The summed E-state index contributed by atoms with van der Waals surface area (Å²) in [6.45, 7) is 0. The highest BCUT2D eigenvalue weighted by Gasteiger charge is 2.10. The zero-order valence-corrected chi connectivity index (χ0v) is 9.99. The van der Waals surface area contributed by atoms with E-state index in [1.165, 1.54) is 16.4 Å². The molecule has 0 spiro atoms. The van der Waals surface area contributed by atoms with Crippen LogP contribution in [0, 0.1) is 0 Å². The molecule has 0 fully saturated rings. The van der Waals surface area contributed by atoms with E-state index in [-0.39, 0.29) is 5.28 Å². The molecule has 0 aliphatic rings. The number of anilines is 1. The van der Waals surface area contributed by atoms with E-state index in [9.17, 15) is 0 Å². The number of hydrogen-bond acceptors (Lipinski definition) is 8. The van der Waals surface area contributed by atoms with E-state index in [1.807, 2.05) is 0 Å². The van der Waals surface area contributed by atoms with Gasteiger partial charge in [0.05, 0.1) is 0 Å². The van der Waals surface area contributed by atoms with Crippen molar-refractivity contribution in [1.82, 2.24) is 35.2 Å². The molecule has 0 amide bonds. The second-order valence-electron chi connectivity index (χ2n) is 2.65. The summed E-state index contributed by atoms with van der Waals surface area (Å²) in [5, 5.41) is 14.9. The van der Waals surface area contributed by atoms with Crippen molar-refractivity contribution >= 4 is 29.3 Å². The molecule has 0 radical (unpaired) electrons. The Morgan fingerprint density at radius 1 is 1.31 bits per heavy atom. The number of nitrogens with one attached hydrogen (secondary N) is 1. The summed E-state index contributed by atoms with van der Waals surface area (Å²) in [6.07, 6.45) is 0. The third kappa shape index (κ3) is 2.36. The first kappa shape index (κ1) is 11.0. The van der Waals surface area contributed by atoms with E-state index in [0.717, 1.165) is 0 Å². The van der Waals surface area contributed by atoms with E-state index in [2.05, 4.69) is 35.8 Å². The van der Waals surface area contributed by atoms with Gasteiger partial charge in [-0.25, -0.2) is 4.68 Å². The van der Waals surface area contributed by atoms with Crippen molar-refractivity contribution < 1.29 is 0 Å². The number of rotatable bonds is 3. The molecule has 2 rings (SSSR count). The van der Waals surface area contributed by atoms with Gasteiger partial charge in [-0.15, -0.1) is 5.10 Å². The highest BCUT2D eigenvalue weighted by atomic mass is 35.5. The van der Waals surface area contributed by atoms with Crippen LogP contribution in [0.2, 0.25) is 5.28 Å². The number of aromatic nitrogens is 7. The number of aryl methyl sites for hydroxylation is 1. The number of nitrogens with zero attached hydrogens (tertiary/aromatic N) is 7. The maximum absolute atomic E-state index is 5.73. The third-order valence-electron chi connectivity index (χ3n) is 1.58. The fourth-order valence-electron chi connectivity index (χ4n) is 0.879. The van der Waals surface area contributed by atoms with E-state index >= 15 is 0 Å². The van der Waals surface area contributed by atoms with Crippen molar-refractivity contribution in [1.29, 1.82) is 0 Å². The second kappa shape index (κ2) is 4.58. The minimum absolute atomic E-state index is 0.122. The summed E-state index contributed by atoms with van der Waals surface area (Å²) in [6, 6.07) is 0. The summed E-state index contributed by atoms with van der Waals surface area (Å²) in [5.41, 5.74) is 0. The Morgan fingerprint density at radius 2 is 2.12 bits per heavy atom. The molecule has 0 aromatic carbocycles. The molecule has 0 aliphatic heterocycles. The molecule has 2 aromatic heterocycles. The van der Waals surface area contributed by atoms with Gasteiger partial charge in [-0.1, -0.05) is 0 Å². The fraction of sp³-hybridized carbons (Fsp3) is 0.333. The number of hydrogen-bond donors (Lipinski definition) is 1. The smallest absolute Gasteiger partial charge is 0.228 e. The van der Waals surface area contributed by atoms with Crippen molar-refractivity contribution in [3.8, 4) is 0 Å². The molecule has 2 aromatic rings. The van der Waals surface area contributed by atoms with Crippen molar-refractivity contribution in [2.24, 2.45) is 7.05 Å². The predicted molar refractivity (Wildman–Crippen MR) is 57.3 cm³/mol. The summed E-state index contributed by atoms with van der Waals surface area (Å²) in [5.74, 6) is 0.401. The van der Waals surface area contributed by atoms with Gasteiger partial charge < -0.3 is 5.32 Å². The Hall–Kier alpha value is -1.48. The largest absolute Gasteiger partial charge is 0.357 e. The van der Waals surface area contributed by atoms with Crippen molar-refractivity contribution in [3.05, 3.63) is 5.28 Å². The first-order valence-electron chi connectivity index (χ1n) is 4.18. The van der Waals surface area contributed by atoms with Gasteiger partial charge in [0.25, 0.3) is 0 Å². The summed E-state index contributed by atoms with van der Waals surface area (Å²) >= 11 is 6.94. The summed E-state index contributed by atoms with van der Waals surface area (Å²) in [7, 11) is 3.42. The van der Waals surface area contributed by atoms with Crippen LogP contribution in [-0.2, 0) is 7.05 Å². The van der Waals surface area contributed by atoms with Crippen LogP contribution >= 0.6 is 23.4 Å². The zero-order valence-electron chi connectivity index (χ0n) is 8.42. The second-order valence-corrected chi connectivity index (χ2v) is 3.92. The number of halogens is 1. The maximum atomic E-state index is 5.73. The molecular formula is C6H7ClN8S. The standard InChI is InChI=1S/C6H7ClN8S/c1-8-4-9-3(7)10-5(11-4)16-6-12-13-14-15(6)2/h1-2H3,(H,8,9,10,11). The number of tetrazole rings is 1. The van der Waals surface area contributed by atoms with E-state index < -0.39 is 0 Å². The monoisotopic (exact) mass is 258 g/mol. The SMILES string of the molecule is CNc1nc(Cl)nc(Sc2nnnn2C)n1. The van der Waals surface area contributed by atoms with Gasteiger partial charge in [-0.05, 0) is 33.8 Å². The first-order valence-corrected chi connectivity index (χ1v) is 5.38. The Morgan fingerprint density at radius 3 is 2.75 bits per heavy atom. The molecule has 0 saturated heterocycles. The highest BCUT2D eigenvalue weighted by molar-refractivity contribution is 7.99. The van der Waals surface area contributed by atoms with Crippen LogP contribution in [0.1, 0.15) is 0 Å². The molecule has 16 heavy (non-hydrogen) atoms. The van der Waals surface area contributed by atoms with Crippen LogP contribution in [0.15, 0.2) is 10.3 Å². The molecule has 1 N–H and O–H groups in total. The summed E-state index contributed by atoms with van der Waals surface area (Å²) in [4.78, 5) is 11.9. The Bertz CT molecular complexity index is 499. The van der Waals surface area contributed by atoms with Crippen LogP contribution in [0.5, 0.6) is 0 Å². The molecule has 10 heteroatoms. The minimum Gasteiger partial charge on any atom is -0.357 e. The van der Waals surface area contributed by atoms with Gasteiger partial charge in [0.15, 0.2) is 0 Å². The van der Waals surface area contributed by atoms with Gasteiger partial charge >= 0.3 is 0 Å². The Labute approximate surface area is 99.8 Å². The molecule has 0 aliphatic carbocycles. The summed E-state index contributed by atoms with van der Waals surface area (Å²) < 4.78 is 1.52. The average Bonchev–Trinajstić information content (AvgIpc) is 2.63. The van der Waals surface area contributed by atoms with Crippen LogP contribution < -0.4 is 5.32 Å². The maximum Gasteiger partial charge on any atom is 0.228 e. The first-order chi connectivity index (χ1) is 7.69. The lowest BCUT2D eigenvalue weighted by Gasteiger charge is -2.01. The van der Waals surface area contributed by atoms with E-state index in [1.54, 1.807) is 14.1 Å². The topological polar surface area (TPSA) is 94.3 Å². The quantitative estimate of drug-likeness (QED) is 0.837. The van der Waals surface area contributed by atoms with Gasteiger partial charge in [0.1, 0.15) is 0 Å². The van der Waals surface area contributed by atoms with Crippen LogP contribution in [0.25, 0.3) is 0 Å². The van der Waals surface area contributed by atoms with E-state index in [0.29, 0.717) is 16.3 Å². The predicted octanol–water partition coefficient (Wildman–Crippen LogP) is 0.241. The molecule has 2 heterocycles. The molecule has 0 atom stereocenters. The normalized spacial score (nSPS) is 10.4. The average molecular weight is 259 g/mol. The zero-order chi connectivity index (χ0) is 11.5. The van der Waals surface area contributed by atoms with Crippen molar-refractivity contribution in [2.75, 3.05) is 12.4 Å². The molecule has 84 valence electrons. The highest BCUT2D eigenvalue weighted by Crippen LogP contribution is 2.22. The molecule has 0 unspecified atom stereocenters. The Kier molecular flexibility index (Phi) is 3.15. The third-order valence-corrected chi connectivity index (χ3v) is 2.64. The molecule has 0 saturated carbocycles. The van der Waals surface area contributed by atoms with Gasteiger partial charge in [0, 0.05) is 14.1 Å². The molecule has 0 bridgehead atoms. The van der Waals surface area contributed by atoms with E-state index in [4.69, 9.17) is 11.6 Å². The lowest BCUT2D eigenvalue weighted by atomic mass is 10.9. The van der Waals surface area contributed by atoms with Gasteiger partial charge in [-0.2, -0.15) is 15.0 Å². The van der Waals surface area contributed by atoms with Gasteiger partial charge in [0.2, 0.25) is 21.5 Å². The molecular weight excluding hydrogens is 252 g/mol. The molecule has 8 nitrogen and oxygen atoms in total. The minimum atomic E-state index is 0.122. The van der Waals surface area contributed by atoms with Crippen molar-refractivity contribution in [2.45, 2.75) is 10.3 Å². The lowest BCUT2D eigenvalue weighted by Crippen LogP contribution is -2.01. The van der Waals surface area contributed by atoms with Crippen LogP contribution in [0.4, 0.5) is 5.95 Å². The fourth-order valence-corrected chi connectivity index (χ4v) is 1.76. The van der Waals surface area contributed by atoms with Crippen LogP contribution in [0.3, 0.4) is 0 Å². The van der Waals surface area contributed by atoms with Crippen molar-refractivity contribution in [3.63, 3.8) is 0 Å². The lowest BCUT2D eigenvalue weighted by molar-refractivity contribution is 0.663. The Balaban J connectivity index is 2.28. The van der Waals surface area contributed by atoms with Crippen LogP contribution in [-0.4, -0.2) is 42.2 Å².